The minimum atomic E-state index is 0.270. The maximum atomic E-state index is 5.63. The van der Waals surface area contributed by atoms with Crippen LogP contribution in [0.25, 0.3) is 0 Å². The Balaban J connectivity index is 1.38. The highest BCUT2D eigenvalue weighted by atomic mass is 16.5. The number of hydrogen-bond acceptors (Lipinski definition) is 4. The van der Waals surface area contributed by atoms with Crippen LogP contribution in [0.5, 0.6) is 0 Å². The predicted octanol–water partition coefficient (Wildman–Crippen LogP) is 3.04. The molecule has 0 bridgehead atoms. The molecule has 2 aliphatic heterocycles. The summed E-state index contributed by atoms with van der Waals surface area (Å²) in [4.78, 5) is 14.4. The van der Waals surface area contributed by atoms with Gasteiger partial charge in [0.25, 0.3) is 0 Å². The molecule has 0 aromatic carbocycles. The van der Waals surface area contributed by atoms with E-state index in [1.165, 1.54) is 38.6 Å². The van der Waals surface area contributed by atoms with E-state index in [4.69, 9.17) is 9.73 Å². The zero-order valence-corrected chi connectivity index (χ0v) is 17.5. The summed E-state index contributed by atoms with van der Waals surface area (Å²) in [6, 6.07) is 4.29. The molecule has 1 aromatic heterocycles. The number of guanidine groups is 1. The summed E-state index contributed by atoms with van der Waals surface area (Å²) >= 11 is 0. The van der Waals surface area contributed by atoms with Gasteiger partial charge in [-0.25, -0.2) is 9.98 Å². The van der Waals surface area contributed by atoms with Gasteiger partial charge < -0.3 is 19.9 Å². The van der Waals surface area contributed by atoms with E-state index >= 15 is 0 Å². The number of nitrogens with zero attached hydrogens (tertiary/aromatic N) is 4. The molecule has 6 nitrogen and oxygen atoms in total. The number of anilines is 1. The summed E-state index contributed by atoms with van der Waals surface area (Å²) in [7, 11) is 0. The third-order valence-corrected chi connectivity index (χ3v) is 6.52. The first-order valence-corrected chi connectivity index (χ1v) is 11.0. The van der Waals surface area contributed by atoms with Crippen LogP contribution < -0.4 is 10.2 Å². The highest BCUT2D eigenvalue weighted by Gasteiger charge is 2.41. The molecular formula is C22H35N5O. The molecule has 1 N–H and O–H groups in total. The molecule has 1 saturated carbocycles. The van der Waals surface area contributed by atoms with Gasteiger partial charge in [0.2, 0.25) is 0 Å². The average molecular weight is 386 g/mol. The third kappa shape index (κ3) is 4.43. The fourth-order valence-corrected chi connectivity index (χ4v) is 4.96. The number of aromatic nitrogens is 1. The summed E-state index contributed by atoms with van der Waals surface area (Å²) in [5.74, 6) is 2.11. The van der Waals surface area contributed by atoms with Crippen molar-refractivity contribution in [2.75, 3.05) is 44.2 Å². The molecule has 28 heavy (non-hydrogen) atoms. The Hall–Kier alpha value is -1.82. The van der Waals surface area contributed by atoms with Gasteiger partial charge in [-0.05, 0) is 50.2 Å². The number of rotatable bonds is 4. The van der Waals surface area contributed by atoms with Crippen molar-refractivity contribution < 1.29 is 4.74 Å². The normalized spacial score (nSPS) is 24.9. The zero-order chi connectivity index (χ0) is 19.4. The van der Waals surface area contributed by atoms with Gasteiger partial charge in [-0.15, -0.1) is 0 Å². The third-order valence-electron chi connectivity index (χ3n) is 6.52. The van der Waals surface area contributed by atoms with Crippen molar-refractivity contribution in [2.24, 2.45) is 10.4 Å². The quantitative estimate of drug-likeness (QED) is 0.638. The van der Waals surface area contributed by atoms with Crippen molar-refractivity contribution in [1.82, 2.24) is 15.2 Å². The Labute approximate surface area is 169 Å². The van der Waals surface area contributed by atoms with Crippen LogP contribution in [0.15, 0.2) is 23.3 Å². The summed E-state index contributed by atoms with van der Waals surface area (Å²) in [5, 5.41) is 3.50. The zero-order valence-electron chi connectivity index (χ0n) is 17.5. The molecule has 1 spiro atoms. The average Bonchev–Trinajstić information content (AvgIpc) is 3.35. The van der Waals surface area contributed by atoms with Crippen LogP contribution in [-0.2, 0) is 11.3 Å². The van der Waals surface area contributed by atoms with Crippen molar-refractivity contribution in [2.45, 2.75) is 58.6 Å². The molecule has 1 aromatic rings. The minimum absolute atomic E-state index is 0.270. The molecule has 3 fully saturated rings. The van der Waals surface area contributed by atoms with Gasteiger partial charge in [-0.1, -0.05) is 18.9 Å². The molecule has 0 amide bonds. The number of pyridine rings is 1. The summed E-state index contributed by atoms with van der Waals surface area (Å²) in [6.45, 7) is 10.8. The van der Waals surface area contributed by atoms with Crippen LogP contribution in [0.2, 0.25) is 0 Å². The lowest BCUT2D eigenvalue weighted by Crippen LogP contribution is -2.41. The van der Waals surface area contributed by atoms with Crippen LogP contribution >= 0.6 is 0 Å². The molecule has 1 aliphatic carbocycles. The van der Waals surface area contributed by atoms with Crippen molar-refractivity contribution in [3.8, 4) is 0 Å². The summed E-state index contributed by atoms with van der Waals surface area (Å²) < 4.78 is 5.63. The molecule has 2 saturated heterocycles. The van der Waals surface area contributed by atoms with Crippen LogP contribution in [0, 0.1) is 5.41 Å². The number of likely N-dealkylation sites (tertiary alicyclic amines) is 1. The van der Waals surface area contributed by atoms with E-state index in [0.29, 0.717) is 12.0 Å². The molecule has 3 heterocycles. The lowest BCUT2D eigenvalue weighted by atomic mass is 9.86. The van der Waals surface area contributed by atoms with Gasteiger partial charge in [-0.3, -0.25) is 0 Å². The molecule has 3 aliphatic rings. The van der Waals surface area contributed by atoms with Crippen molar-refractivity contribution in [3.05, 3.63) is 23.9 Å². The van der Waals surface area contributed by atoms with E-state index < -0.39 is 0 Å². The van der Waals surface area contributed by atoms with E-state index in [2.05, 4.69) is 46.1 Å². The Morgan fingerprint density at radius 2 is 2.14 bits per heavy atom. The molecular weight excluding hydrogens is 350 g/mol. The van der Waals surface area contributed by atoms with Crippen molar-refractivity contribution in [1.29, 1.82) is 0 Å². The van der Waals surface area contributed by atoms with Crippen molar-refractivity contribution >= 4 is 11.8 Å². The first-order chi connectivity index (χ1) is 13.7. The molecule has 1 unspecified atom stereocenters. The number of aliphatic imine (C=N–C) groups is 1. The number of hydrogen-bond donors (Lipinski definition) is 1. The highest BCUT2D eigenvalue weighted by Crippen LogP contribution is 2.45. The maximum absolute atomic E-state index is 5.63. The van der Waals surface area contributed by atoms with Gasteiger partial charge >= 0.3 is 0 Å². The fourth-order valence-electron chi connectivity index (χ4n) is 4.96. The number of morpholine rings is 1. The smallest absolute Gasteiger partial charge is 0.194 e. The molecule has 0 radical (unpaired) electrons. The standard InChI is InChI=1S/C22H35N5O/c1-3-23-21(27-11-10-22(17-27)8-4-5-9-22)25-15-19-6-7-20(24-14-19)26-12-13-28-18(2)16-26/h6-7,14,18H,3-5,8-13,15-17H2,1-2H3,(H,23,25). The summed E-state index contributed by atoms with van der Waals surface area (Å²) in [5.41, 5.74) is 1.73. The van der Waals surface area contributed by atoms with E-state index in [9.17, 15) is 0 Å². The van der Waals surface area contributed by atoms with E-state index in [1.807, 2.05) is 6.20 Å². The Kier molecular flexibility index (Phi) is 6.04. The van der Waals surface area contributed by atoms with Gasteiger partial charge in [0.05, 0.1) is 19.3 Å². The Bertz CT molecular complexity index is 668. The molecule has 6 heteroatoms. The predicted molar refractivity (Wildman–Crippen MR) is 114 cm³/mol. The SMILES string of the molecule is CCNC(=NCc1ccc(N2CCOC(C)C2)nc1)N1CCC2(CCCC2)C1. The van der Waals surface area contributed by atoms with Gasteiger partial charge in [-0.2, -0.15) is 0 Å². The van der Waals surface area contributed by atoms with Crippen molar-refractivity contribution in [3.63, 3.8) is 0 Å². The second-order valence-corrected chi connectivity index (χ2v) is 8.70. The second kappa shape index (κ2) is 8.68. The number of nitrogens with one attached hydrogen (secondary N) is 1. The van der Waals surface area contributed by atoms with E-state index in [-0.39, 0.29) is 6.10 Å². The molecule has 4 rings (SSSR count). The van der Waals surface area contributed by atoms with Crippen LogP contribution in [-0.4, -0.2) is 61.3 Å². The topological polar surface area (TPSA) is 53.0 Å². The monoisotopic (exact) mass is 385 g/mol. The Morgan fingerprint density at radius 1 is 1.29 bits per heavy atom. The Morgan fingerprint density at radius 3 is 2.86 bits per heavy atom. The first-order valence-electron chi connectivity index (χ1n) is 11.0. The molecule has 1 atom stereocenters. The summed E-state index contributed by atoms with van der Waals surface area (Å²) in [6.07, 6.45) is 9.17. The largest absolute Gasteiger partial charge is 0.375 e. The van der Waals surface area contributed by atoms with E-state index in [0.717, 1.165) is 50.1 Å². The lowest BCUT2D eigenvalue weighted by Gasteiger charge is -2.32. The van der Waals surface area contributed by atoms with Crippen LogP contribution in [0.4, 0.5) is 5.82 Å². The maximum Gasteiger partial charge on any atom is 0.194 e. The van der Waals surface area contributed by atoms with Crippen LogP contribution in [0.1, 0.15) is 51.5 Å². The highest BCUT2D eigenvalue weighted by molar-refractivity contribution is 5.80. The first kappa shape index (κ1) is 19.5. The number of ether oxygens (including phenoxy) is 1. The van der Waals surface area contributed by atoms with Crippen LogP contribution in [0.3, 0.4) is 0 Å². The van der Waals surface area contributed by atoms with Gasteiger partial charge in [0, 0.05) is 38.9 Å². The molecule has 154 valence electrons. The second-order valence-electron chi connectivity index (χ2n) is 8.70. The van der Waals surface area contributed by atoms with Gasteiger partial charge in [0.1, 0.15) is 5.82 Å². The van der Waals surface area contributed by atoms with Gasteiger partial charge in [0.15, 0.2) is 5.96 Å². The van der Waals surface area contributed by atoms with E-state index in [1.54, 1.807) is 0 Å². The minimum Gasteiger partial charge on any atom is -0.375 e. The lowest BCUT2D eigenvalue weighted by molar-refractivity contribution is 0.0529. The fraction of sp³-hybridized carbons (Fsp3) is 0.727.